The Hall–Kier alpha value is -0.580. The van der Waals surface area contributed by atoms with Crippen molar-refractivity contribution in [2.45, 2.75) is 17.9 Å². The average Bonchev–Trinajstić information content (AvgIpc) is 2.19. The van der Waals surface area contributed by atoms with Crippen molar-refractivity contribution < 1.29 is 9.50 Å². The molecule has 0 unspecified atom stereocenters. The number of benzene rings is 1. The molecule has 0 aliphatic carbocycles. The molecule has 0 aromatic heterocycles. The van der Waals surface area contributed by atoms with Crippen LogP contribution >= 0.6 is 11.8 Å². The minimum Gasteiger partial charge on any atom is -0.389 e. The Kier molecular flexibility index (Phi) is 5.25. The zero-order valence-electron chi connectivity index (χ0n) is 9.90. The van der Waals surface area contributed by atoms with Crippen LogP contribution in [-0.2, 0) is 0 Å². The van der Waals surface area contributed by atoms with Crippen molar-refractivity contribution in [2.24, 2.45) is 0 Å². The van der Waals surface area contributed by atoms with E-state index in [0.29, 0.717) is 5.56 Å². The lowest BCUT2D eigenvalue weighted by atomic mass is 10.1. The highest BCUT2D eigenvalue weighted by atomic mass is 32.2. The molecular weight excluding hydrogens is 225 g/mol. The highest BCUT2D eigenvalue weighted by Gasteiger charge is 2.09. The predicted molar refractivity (Wildman–Crippen MR) is 66.3 cm³/mol. The second-order valence-electron chi connectivity index (χ2n) is 4.01. The molecule has 0 amide bonds. The van der Waals surface area contributed by atoms with Crippen molar-refractivity contribution >= 4 is 11.8 Å². The number of rotatable bonds is 5. The Bertz CT molecular complexity index is 342. The SMILES string of the molecule is C[C@@H](O)c1cc(F)ccc1SCCN(C)C. The normalized spacial score (nSPS) is 13.1. The first-order valence-corrected chi connectivity index (χ1v) is 6.24. The highest BCUT2D eigenvalue weighted by molar-refractivity contribution is 7.99. The van der Waals surface area contributed by atoms with Gasteiger partial charge < -0.3 is 10.0 Å². The van der Waals surface area contributed by atoms with Crippen molar-refractivity contribution in [2.75, 3.05) is 26.4 Å². The molecule has 0 spiro atoms. The summed E-state index contributed by atoms with van der Waals surface area (Å²) in [6.45, 7) is 2.62. The lowest BCUT2D eigenvalue weighted by Crippen LogP contribution is -2.14. The summed E-state index contributed by atoms with van der Waals surface area (Å²) in [6, 6.07) is 4.57. The van der Waals surface area contributed by atoms with E-state index in [0.717, 1.165) is 17.2 Å². The number of hydrogen-bond donors (Lipinski definition) is 1. The molecule has 1 aromatic carbocycles. The van der Waals surface area contributed by atoms with E-state index in [2.05, 4.69) is 4.90 Å². The first kappa shape index (κ1) is 13.5. The summed E-state index contributed by atoms with van der Waals surface area (Å²) >= 11 is 1.64. The van der Waals surface area contributed by atoms with Gasteiger partial charge in [0.1, 0.15) is 5.82 Å². The van der Waals surface area contributed by atoms with Gasteiger partial charge in [0, 0.05) is 17.2 Å². The smallest absolute Gasteiger partial charge is 0.123 e. The van der Waals surface area contributed by atoms with Gasteiger partial charge in [0.15, 0.2) is 0 Å². The minimum absolute atomic E-state index is 0.298. The fourth-order valence-electron chi connectivity index (χ4n) is 1.32. The van der Waals surface area contributed by atoms with E-state index in [4.69, 9.17) is 0 Å². The monoisotopic (exact) mass is 243 g/mol. The second kappa shape index (κ2) is 6.23. The van der Waals surface area contributed by atoms with Gasteiger partial charge in [-0.25, -0.2) is 4.39 Å². The largest absolute Gasteiger partial charge is 0.389 e. The van der Waals surface area contributed by atoms with Crippen molar-refractivity contribution in [1.29, 1.82) is 0 Å². The van der Waals surface area contributed by atoms with Crippen LogP contribution in [0.1, 0.15) is 18.6 Å². The number of halogens is 1. The molecule has 1 rings (SSSR count). The van der Waals surface area contributed by atoms with E-state index >= 15 is 0 Å². The van der Waals surface area contributed by atoms with Crippen molar-refractivity contribution in [3.63, 3.8) is 0 Å². The van der Waals surface area contributed by atoms with Gasteiger partial charge in [-0.1, -0.05) is 0 Å². The Morgan fingerprint density at radius 1 is 1.44 bits per heavy atom. The molecule has 1 N–H and O–H groups in total. The van der Waals surface area contributed by atoms with Crippen LogP contribution in [0.2, 0.25) is 0 Å². The standard InChI is InChI=1S/C12H18FNOS/c1-9(15)11-8-10(13)4-5-12(11)16-7-6-14(2)3/h4-5,8-9,15H,6-7H2,1-3H3/t9-/m1/s1. The van der Waals surface area contributed by atoms with E-state index in [1.54, 1.807) is 24.8 Å². The Morgan fingerprint density at radius 2 is 2.12 bits per heavy atom. The zero-order valence-corrected chi connectivity index (χ0v) is 10.7. The number of nitrogens with zero attached hydrogens (tertiary/aromatic N) is 1. The topological polar surface area (TPSA) is 23.5 Å². The summed E-state index contributed by atoms with van der Waals surface area (Å²) in [4.78, 5) is 3.05. The molecule has 16 heavy (non-hydrogen) atoms. The average molecular weight is 243 g/mol. The summed E-state index contributed by atoms with van der Waals surface area (Å²) in [5.41, 5.74) is 0.670. The van der Waals surface area contributed by atoms with Crippen LogP contribution in [0, 0.1) is 5.82 Å². The van der Waals surface area contributed by atoms with E-state index in [1.807, 2.05) is 14.1 Å². The van der Waals surface area contributed by atoms with E-state index < -0.39 is 6.10 Å². The molecule has 0 radical (unpaired) electrons. The maximum absolute atomic E-state index is 13.0. The molecule has 4 heteroatoms. The van der Waals surface area contributed by atoms with Gasteiger partial charge in [-0.2, -0.15) is 0 Å². The van der Waals surface area contributed by atoms with Crippen LogP contribution in [0.25, 0.3) is 0 Å². The molecule has 0 bridgehead atoms. The lowest BCUT2D eigenvalue weighted by Gasteiger charge is -2.13. The highest BCUT2D eigenvalue weighted by Crippen LogP contribution is 2.28. The fraction of sp³-hybridized carbons (Fsp3) is 0.500. The fourth-order valence-corrected chi connectivity index (χ4v) is 2.55. The number of aliphatic hydroxyl groups excluding tert-OH is 1. The van der Waals surface area contributed by atoms with E-state index in [9.17, 15) is 9.50 Å². The predicted octanol–water partition coefficient (Wildman–Crippen LogP) is 2.53. The first-order valence-electron chi connectivity index (χ1n) is 5.25. The lowest BCUT2D eigenvalue weighted by molar-refractivity contribution is 0.196. The summed E-state index contributed by atoms with van der Waals surface area (Å²) in [6.07, 6.45) is -0.627. The van der Waals surface area contributed by atoms with Gasteiger partial charge in [-0.15, -0.1) is 11.8 Å². The summed E-state index contributed by atoms with van der Waals surface area (Å²) in [5, 5.41) is 9.55. The van der Waals surface area contributed by atoms with Crippen molar-refractivity contribution in [3.05, 3.63) is 29.6 Å². The maximum atomic E-state index is 13.0. The van der Waals surface area contributed by atoms with Crippen molar-refractivity contribution in [3.8, 4) is 0 Å². The third-order valence-corrected chi connectivity index (χ3v) is 3.29. The summed E-state index contributed by atoms with van der Waals surface area (Å²) in [7, 11) is 4.03. The molecule has 0 fully saturated rings. The number of aliphatic hydroxyl groups is 1. The van der Waals surface area contributed by atoms with E-state index in [-0.39, 0.29) is 5.82 Å². The van der Waals surface area contributed by atoms with Crippen LogP contribution in [0.5, 0.6) is 0 Å². The van der Waals surface area contributed by atoms with E-state index in [1.165, 1.54) is 12.1 Å². The molecule has 0 aliphatic heterocycles. The molecular formula is C12H18FNOS. The molecule has 2 nitrogen and oxygen atoms in total. The van der Waals surface area contributed by atoms with Crippen LogP contribution in [0.3, 0.4) is 0 Å². The van der Waals surface area contributed by atoms with Gasteiger partial charge in [-0.05, 0) is 44.8 Å². The van der Waals surface area contributed by atoms with Gasteiger partial charge >= 0.3 is 0 Å². The third-order valence-electron chi connectivity index (χ3n) is 2.22. The molecule has 0 aliphatic rings. The Morgan fingerprint density at radius 3 is 2.69 bits per heavy atom. The molecule has 0 saturated carbocycles. The van der Waals surface area contributed by atoms with Gasteiger partial charge in [0.2, 0.25) is 0 Å². The van der Waals surface area contributed by atoms with Crippen LogP contribution < -0.4 is 0 Å². The molecule has 90 valence electrons. The molecule has 1 aromatic rings. The Balaban J connectivity index is 2.71. The van der Waals surface area contributed by atoms with Crippen LogP contribution in [0.15, 0.2) is 23.1 Å². The molecule has 0 saturated heterocycles. The van der Waals surface area contributed by atoms with Crippen LogP contribution in [-0.4, -0.2) is 36.4 Å². The van der Waals surface area contributed by atoms with Gasteiger partial charge in [0.05, 0.1) is 6.10 Å². The maximum Gasteiger partial charge on any atom is 0.123 e. The summed E-state index contributed by atoms with van der Waals surface area (Å²) < 4.78 is 13.0. The zero-order chi connectivity index (χ0) is 12.1. The van der Waals surface area contributed by atoms with Gasteiger partial charge in [-0.3, -0.25) is 0 Å². The first-order chi connectivity index (χ1) is 7.50. The quantitative estimate of drug-likeness (QED) is 0.804. The molecule has 0 heterocycles. The number of thioether (sulfide) groups is 1. The minimum atomic E-state index is -0.627. The van der Waals surface area contributed by atoms with Gasteiger partial charge in [0.25, 0.3) is 0 Å². The number of hydrogen-bond acceptors (Lipinski definition) is 3. The summed E-state index contributed by atoms with van der Waals surface area (Å²) in [5.74, 6) is 0.631. The Labute approximate surface area is 100 Å². The van der Waals surface area contributed by atoms with Crippen LogP contribution in [0.4, 0.5) is 4.39 Å². The second-order valence-corrected chi connectivity index (χ2v) is 5.15. The van der Waals surface area contributed by atoms with Crippen molar-refractivity contribution in [1.82, 2.24) is 4.90 Å². The molecule has 1 atom stereocenters. The third kappa shape index (κ3) is 4.12.